The van der Waals surface area contributed by atoms with Gasteiger partial charge in [0.25, 0.3) is 0 Å². The second-order valence-corrected chi connectivity index (χ2v) is 10.1. The summed E-state index contributed by atoms with van der Waals surface area (Å²) in [6.07, 6.45) is 6.25. The van der Waals surface area contributed by atoms with Crippen LogP contribution in [0.15, 0.2) is 11.6 Å². The fourth-order valence-corrected chi connectivity index (χ4v) is 7.67. The number of aliphatic hydroxyl groups excluding tert-OH is 1. The van der Waals surface area contributed by atoms with Gasteiger partial charge in [-0.25, -0.2) is 0 Å². The van der Waals surface area contributed by atoms with Gasteiger partial charge in [-0.15, -0.1) is 0 Å². The first-order valence-electron chi connectivity index (χ1n) is 10.7. The number of carbonyl (C=O) groups is 3. The Morgan fingerprint density at radius 3 is 2.43 bits per heavy atom. The SMILES string of the molecule is CC(=O)O[C@]1(C(C)=O)CC[C@H]2[C@@H]3C[C@H](O)C4=CC(=O)CC[C@@]4(C)[C@@H]3CC[C@@]21C. The van der Waals surface area contributed by atoms with Crippen LogP contribution < -0.4 is 0 Å². The van der Waals surface area contributed by atoms with Gasteiger partial charge in [-0.1, -0.05) is 13.8 Å². The van der Waals surface area contributed by atoms with Crippen LogP contribution in [-0.4, -0.2) is 34.3 Å². The van der Waals surface area contributed by atoms with Crippen LogP contribution in [0.25, 0.3) is 0 Å². The number of hydrogen-bond acceptors (Lipinski definition) is 5. The first-order valence-corrected chi connectivity index (χ1v) is 10.7. The lowest BCUT2D eigenvalue weighted by Crippen LogP contribution is -2.59. The van der Waals surface area contributed by atoms with E-state index in [2.05, 4.69) is 13.8 Å². The van der Waals surface area contributed by atoms with Crippen molar-refractivity contribution in [3.05, 3.63) is 11.6 Å². The molecular weight excluding hydrogens is 356 g/mol. The van der Waals surface area contributed by atoms with E-state index in [0.717, 1.165) is 31.3 Å². The Bertz CT molecular complexity index is 769. The molecule has 0 aromatic carbocycles. The number of ether oxygens (including phenoxy) is 1. The Hall–Kier alpha value is -1.49. The molecule has 0 unspecified atom stereocenters. The highest BCUT2D eigenvalue weighted by molar-refractivity contribution is 5.92. The van der Waals surface area contributed by atoms with Crippen LogP contribution in [0.5, 0.6) is 0 Å². The van der Waals surface area contributed by atoms with Gasteiger partial charge < -0.3 is 9.84 Å². The number of rotatable bonds is 2. The predicted molar refractivity (Wildman–Crippen MR) is 103 cm³/mol. The summed E-state index contributed by atoms with van der Waals surface area (Å²) in [6.45, 7) is 7.27. The number of Topliss-reactive ketones (excluding diaryl/α,β-unsaturated/α-hetero) is 1. The van der Waals surface area contributed by atoms with E-state index in [1.165, 1.54) is 6.92 Å². The van der Waals surface area contributed by atoms with Gasteiger partial charge in [0.2, 0.25) is 0 Å². The Kier molecular flexibility index (Phi) is 4.42. The number of fused-ring (bicyclic) bond motifs is 5. The van der Waals surface area contributed by atoms with E-state index in [4.69, 9.17) is 4.74 Å². The standard InChI is InChI=1S/C23H32O5/c1-13(24)23(28-14(2)25)10-7-18-16-12-20(27)19-11-15(26)5-8-21(19,3)17(16)6-9-22(18,23)4/h11,16-18,20,27H,5-10,12H2,1-4H3/t16-,17-,18+,20+,21+,22+,23+/m1/s1. The van der Waals surface area contributed by atoms with Crippen LogP contribution in [-0.2, 0) is 19.1 Å². The Morgan fingerprint density at radius 1 is 1.11 bits per heavy atom. The summed E-state index contributed by atoms with van der Waals surface area (Å²) in [6, 6.07) is 0. The highest BCUT2D eigenvalue weighted by Crippen LogP contribution is 2.68. The topological polar surface area (TPSA) is 80.7 Å². The highest BCUT2D eigenvalue weighted by atomic mass is 16.6. The minimum atomic E-state index is -1.04. The molecule has 0 heterocycles. The van der Waals surface area contributed by atoms with Crippen molar-refractivity contribution in [3.63, 3.8) is 0 Å². The Balaban J connectivity index is 1.73. The van der Waals surface area contributed by atoms with Gasteiger partial charge in [0, 0.05) is 18.8 Å². The first kappa shape index (κ1) is 19.8. The van der Waals surface area contributed by atoms with E-state index in [0.29, 0.717) is 25.2 Å². The lowest BCUT2D eigenvalue weighted by atomic mass is 9.45. The van der Waals surface area contributed by atoms with Crippen molar-refractivity contribution in [1.29, 1.82) is 0 Å². The van der Waals surface area contributed by atoms with Crippen LogP contribution in [0, 0.1) is 28.6 Å². The van der Waals surface area contributed by atoms with Gasteiger partial charge in [-0.2, -0.15) is 0 Å². The molecule has 154 valence electrons. The summed E-state index contributed by atoms with van der Waals surface area (Å²) in [5.74, 6) is 0.579. The molecule has 3 saturated carbocycles. The van der Waals surface area contributed by atoms with Crippen LogP contribution in [0.1, 0.15) is 72.6 Å². The molecule has 3 fully saturated rings. The zero-order valence-corrected chi connectivity index (χ0v) is 17.4. The van der Waals surface area contributed by atoms with E-state index < -0.39 is 23.1 Å². The number of esters is 1. The van der Waals surface area contributed by atoms with E-state index in [1.807, 2.05) is 0 Å². The van der Waals surface area contributed by atoms with Crippen LogP contribution in [0.2, 0.25) is 0 Å². The molecule has 4 aliphatic rings. The first-order chi connectivity index (χ1) is 13.0. The van der Waals surface area contributed by atoms with Gasteiger partial charge in [0.15, 0.2) is 17.2 Å². The molecule has 7 atom stereocenters. The number of aliphatic hydroxyl groups is 1. The largest absolute Gasteiger partial charge is 0.451 e. The predicted octanol–water partition coefficient (Wildman–Crippen LogP) is 3.38. The third kappa shape index (κ3) is 2.44. The molecule has 4 aliphatic carbocycles. The molecule has 0 aromatic heterocycles. The fourth-order valence-electron chi connectivity index (χ4n) is 7.67. The average molecular weight is 389 g/mol. The van der Waals surface area contributed by atoms with Crippen molar-refractivity contribution in [1.82, 2.24) is 0 Å². The summed E-state index contributed by atoms with van der Waals surface area (Å²) in [5.41, 5.74) is -0.670. The third-order valence-corrected chi connectivity index (χ3v) is 8.98. The quantitative estimate of drug-likeness (QED) is 0.734. The minimum Gasteiger partial charge on any atom is -0.451 e. The van der Waals surface area contributed by atoms with Crippen molar-refractivity contribution >= 4 is 17.5 Å². The van der Waals surface area contributed by atoms with Gasteiger partial charge in [-0.3, -0.25) is 14.4 Å². The molecule has 0 spiro atoms. The molecule has 4 rings (SSSR count). The zero-order chi connectivity index (χ0) is 20.5. The average Bonchev–Trinajstić information content (AvgIpc) is 2.90. The maximum absolute atomic E-state index is 12.7. The molecule has 0 radical (unpaired) electrons. The van der Waals surface area contributed by atoms with Gasteiger partial charge in [0.1, 0.15) is 0 Å². The van der Waals surface area contributed by atoms with Crippen molar-refractivity contribution in [2.45, 2.75) is 84.3 Å². The fraction of sp³-hybridized carbons (Fsp3) is 0.783. The van der Waals surface area contributed by atoms with Gasteiger partial charge >= 0.3 is 5.97 Å². The van der Waals surface area contributed by atoms with Gasteiger partial charge in [0.05, 0.1) is 6.10 Å². The number of ketones is 2. The minimum absolute atomic E-state index is 0.0578. The summed E-state index contributed by atoms with van der Waals surface area (Å²) in [4.78, 5) is 36.6. The van der Waals surface area contributed by atoms with Gasteiger partial charge in [-0.05, 0) is 80.3 Å². The molecule has 0 aliphatic heterocycles. The van der Waals surface area contributed by atoms with Crippen LogP contribution >= 0.6 is 0 Å². The lowest BCUT2D eigenvalue weighted by Gasteiger charge is -2.60. The summed E-state index contributed by atoms with van der Waals surface area (Å²) in [7, 11) is 0. The molecular formula is C23H32O5. The van der Waals surface area contributed by atoms with E-state index >= 15 is 0 Å². The summed E-state index contributed by atoms with van der Waals surface area (Å²) >= 11 is 0. The van der Waals surface area contributed by atoms with Crippen molar-refractivity contribution in [2.24, 2.45) is 28.6 Å². The zero-order valence-electron chi connectivity index (χ0n) is 17.4. The van der Waals surface area contributed by atoms with E-state index in [9.17, 15) is 19.5 Å². The molecule has 5 nitrogen and oxygen atoms in total. The molecule has 0 amide bonds. The maximum atomic E-state index is 12.7. The summed E-state index contributed by atoms with van der Waals surface area (Å²) in [5, 5.41) is 10.9. The summed E-state index contributed by atoms with van der Waals surface area (Å²) < 4.78 is 5.78. The van der Waals surface area contributed by atoms with Crippen molar-refractivity contribution in [3.8, 4) is 0 Å². The number of carbonyl (C=O) groups excluding carboxylic acids is 3. The molecule has 0 aromatic rings. The number of hydrogen-bond donors (Lipinski definition) is 1. The molecule has 1 N–H and O–H groups in total. The Labute approximate surface area is 166 Å². The van der Waals surface area contributed by atoms with E-state index in [1.54, 1.807) is 13.0 Å². The second-order valence-electron chi connectivity index (χ2n) is 10.1. The molecule has 5 heteroatoms. The smallest absolute Gasteiger partial charge is 0.303 e. The second kappa shape index (κ2) is 6.25. The van der Waals surface area contributed by atoms with Crippen LogP contribution in [0.4, 0.5) is 0 Å². The third-order valence-electron chi connectivity index (χ3n) is 8.98. The lowest BCUT2D eigenvalue weighted by molar-refractivity contribution is -0.188. The molecule has 0 bridgehead atoms. The highest BCUT2D eigenvalue weighted by Gasteiger charge is 2.68. The van der Waals surface area contributed by atoms with E-state index in [-0.39, 0.29) is 28.8 Å². The molecule has 28 heavy (non-hydrogen) atoms. The van der Waals surface area contributed by atoms with Crippen LogP contribution in [0.3, 0.4) is 0 Å². The maximum Gasteiger partial charge on any atom is 0.303 e. The Morgan fingerprint density at radius 2 is 1.79 bits per heavy atom. The molecule has 0 saturated heterocycles. The van der Waals surface area contributed by atoms with Crippen molar-refractivity contribution in [2.75, 3.05) is 0 Å². The van der Waals surface area contributed by atoms with Crippen molar-refractivity contribution < 1.29 is 24.2 Å². The monoisotopic (exact) mass is 388 g/mol. The normalized spacial score (nSPS) is 47.5.